The van der Waals surface area contributed by atoms with E-state index in [1.807, 2.05) is 0 Å². The molecule has 1 N–H and O–H groups in total. The first-order valence-electron chi connectivity index (χ1n) is 8.23. The molecular formula is C16H32N2O. The molecule has 19 heavy (non-hydrogen) atoms. The van der Waals surface area contributed by atoms with Crippen molar-refractivity contribution < 1.29 is 4.74 Å². The zero-order chi connectivity index (χ0) is 13.6. The highest BCUT2D eigenvalue weighted by molar-refractivity contribution is 4.87. The first-order chi connectivity index (χ1) is 9.24. The van der Waals surface area contributed by atoms with Crippen LogP contribution in [0.2, 0.25) is 0 Å². The average molecular weight is 268 g/mol. The van der Waals surface area contributed by atoms with Crippen molar-refractivity contribution in [2.45, 2.75) is 58.0 Å². The summed E-state index contributed by atoms with van der Waals surface area (Å²) in [6.07, 6.45) is 10.1. The van der Waals surface area contributed by atoms with Crippen LogP contribution in [0.3, 0.4) is 0 Å². The highest BCUT2D eigenvalue weighted by Crippen LogP contribution is 2.35. The van der Waals surface area contributed by atoms with Gasteiger partial charge in [0.1, 0.15) is 0 Å². The van der Waals surface area contributed by atoms with E-state index in [-0.39, 0.29) is 0 Å². The third-order valence-corrected chi connectivity index (χ3v) is 4.81. The molecule has 0 aromatic carbocycles. The van der Waals surface area contributed by atoms with Crippen molar-refractivity contribution in [3.63, 3.8) is 0 Å². The number of nitrogens with zero attached hydrogens (tertiary/aromatic N) is 1. The summed E-state index contributed by atoms with van der Waals surface area (Å²) in [5, 5.41) is 3.46. The minimum absolute atomic E-state index is 0.403. The lowest BCUT2D eigenvalue weighted by atomic mass is 9.79. The third kappa shape index (κ3) is 4.73. The van der Waals surface area contributed by atoms with Crippen LogP contribution in [0.15, 0.2) is 0 Å². The number of rotatable bonds is 4. The molecule has 1 saturated carbocycles. The molecule has 2 aliphatic rings. The second-order valence-corrected chi connectivity index (χ2v) is 6.71. The van der Waals surface area contributed by atoms with Crippen molar-refractivity contribution in [3.8, 4) is 0 Å². The zero-order valence-electron chi connectivity index (χ0n) is 12.9. The number of hydrogen-bond donors (Lipinski definition) is 1. The Balaban J connectivity index is 1.97. The molecule has 1 saturated heterocycles. The molecular weight excluding hydrogens is 236 g/mol. The highest BCUT2D eigenvalue weighted by atomic mass is 16.5. The fourth-order valence-corrected chi connectivity index (χ4v) is 3.94. The summed E-state index contributed by atoms with van der Waals surface area (Å²) in [5.41, 5.74) is 0.509. The quantitative estimate of drug-likeness (QED) is 0.793. The molecule has 3 heteroatoms. The second-order valence-electron chi connectivity index (χ2n) is 6.71. The maximum absolute atomic E-state index is 5.78. The van der Waals surface area contributed by atoms with Gasteiger partial charge in [-0.15, -0.1) is 0 Å². The minimum atomic E-state index is 0.403. The van der Waals surface area contributed by atoms with E-state index in [4.69, 9.17) is 4.74 Å². The smallest absolute Gasteiger partial charge is 0.0673 e. The summed E-state index contributed by atoms with van der Waals surface area (Å²) in [6.45, 7) is 7.94. The van der Waals surface area contributed by atoms with Gasteiger partial charge in [0.25, 0.3) is 0 Å². The first-order valence-corrected chi connectivity index (χ1v) is 8.23. The lowest BCUT2D eigenvalue weighted by Gasteiger charge is -2.38. The summed E-state index contributed by atoms with van der Waals surface area (Å²) >= 11 is 0. The van der Waals surface area contributed by atoms with Crippen LogP contribution in [0.1, 0.15) is 51.9 Å². The lowest BCUT2D eigenvalue weighted by molar-refractivity contribution is 0.0564. The van der Waals surface area contributed by atoms with Crippen molar-refractivity contribution in [1.29, 1.82) is 0 Å². The lowest BCUT2D eigenvalue weighted by Crippen LogP contribution is -2.45. The Kier molecular flexibility index (Phi) is 6.11. The average Bonchev–Trinajstić information content (AvgIpc) is 2.71. The summed E-state index contributed by atoms with van der Waals surface area (Å²) in [6, 6.07) is 0. The van der Waals surface area contributed by atoms with Gasteiger partial charge in [-0.3, -0.25) is 0 Å². The molecule has 3 nitrogen and oxygen atoms in total. The molecule has 2 rings (SSSR count). The monoisotopic (exact) mass is 268 g/mol. The topological polar surface area (TPSA) is 24.5 Å². The maximum Gasteiger partial charge on any atom is 0.0673 e. The van der Waals surface area contributed by atoms with Gasteiger partial charge in [-0.2, -0.15) is 0 Å². The maximum atomic E-state index is 5.78. The van der Waals surface area contributed by atoms with E-state index in [1.165, 1.54) is 64.6 Å². The molecule has 1 heterocycles. The Morgan fingerprint density at radius 2 is 1.89 bits per heavy atom. The zero-order valence-corrected chi connectivity index (χ0v) is 12.9. The van der Waals surface area contributed by atoms with Gasteiger partial charge in [0.05, 0.1) is 6.10 Å². The molecule has 1 aliphatic carbocycles. The number of ether oxygens (including phenoxy) is 1. The Hall–Kier alpha value is -0.120. The van der Waals surface area contributed by atoms with Crippen LogP contribution >= 0.6 is 0 Å². The van der Waals surface area contributed by atoms with Crippen LogP contribution in [0.5, 0.6) is 0 Å². The molecule has 0 bridgehead atoms. The molecule has 0 aromatic heterocycles. The molecule has 1 aliphatic heterocycles. The van der Waals surface area contributed by atoms with E-state index in [9.17, 15) is 0 Å². The molecule has 1 unspecified atom stereocenters. The molecule has 0 radical (unpaired) electrons. The van der Waals surface area contributed by atoms with E-state index >= 15 is 0 Å². The fourth-order valence-electron chi connectivity index (χ4n) is 3.94. The second kappa shape index (κ2) is 7.61. The van der Waals surface area contributed by atoms with Crippen molar-refractivity contribution in [3.05, 3.63) is 0 Å². The number of hydrogen-bond acceptors (Lipinski definition) is 3. The molecule has 0 amide bonds. The molecule has 112 valence electrons. The van der Waals surface area contributed by atoms with Gasteiger partial charge in [0, 0.05) is 32.8 Å². The van der Waals surface area contributed by atoms with Crippen LogP contribution in [0.25, 0.3) is 0 Å². The van der Waals surface area contributed by atoms with Gasteiger partial charge in [-0.25, -0.2) is 0 Å². The molecule has 1 atom stereocenters. The Morgan fingerprint density at radius 1 is 1.16 bits per heavy atom. The van der Waals surface area contributed by atoms with E-state index in [0.717, 1.165) is 13.2 Å². The van der Waals surface area contributed by atoms with Crippen LogP contribution in [0.4, 0.5) is 0 Å². The fraction of sp³-hybridized carbons (Fsp3) is 1.00. The van der Waals surface area contributed by atoms with Gasteiger partial charge in [-0.05, 0) is 38.6 Å². The van der Waals surface area contributed by atoms with E-state index in [1.54, 1.807) is 0 Å². The van der Waals surface area contributed by atoms with E-state index < -0.39 is 0 Å². The summed E-state index contributed by atoms with van der Waals surface area (Å²) in [7, 11) is 2.11. The summed E-state index contributed by atoms with van der Waals surface area (Å²) < 4.78 is 5.78. The van der Waals surface area contributed by atoms with E-state index in [2.05, 4.69) is 24.2 Å². The van der Waals surface area contributed by atoms with Crippen LogP contribution < -0.4 is 5.32 Å². The van der Waals surface area contributed by atoms with Crippen molar-refractivity contribution in [2.75, 3.05) is 39.8 Å². The van der Waals surface area contributed by atoms with E-state index in [0.29, 0.717) is 11.5 Å². The van der Waals surface area contributed by atoms with Crippen LogP contribution in [-0.4, -0.2) is 50.8 Å². The predicted molar refractivity (Wildman–Crippen MR) is 80.5 cm³/mol. The van der Waals surface area contributed by atoms with Crippen LogP contribution in [-0.2, 0) is 4.74 Å². The molecule has 0 spiro atoms. The summed E-state index contributed by atoms with van der Waals surface area (Å²) in [4.78, 5) is 2.67. The summed E-state index contributed by atoms with van der Waals surface area (Å²) in [5.74, 6) is 0. The SMILES string of the molecule is CNCC1(CN2CCCOC(C)C2)CCCCCC1. The van der Waals surface area contributed by atoms with Crippen molar-refractivity contribution in [2.24, 2.45) is 5.41 Å². The third-order valence-electron chi connectivity index (χ3n) is 4.81. The molecule has 2 fully saturated rings. The minimum Gasteiger partial charge on any atom is -0.377 e. The van der Waals surface area contributed by atoms with Gasteiger partial charge < -0.3 is 15.0 Å². The highest BCUT2D eigenvalue weighted by Gasteiger charge is 2.33. The van der Waals surface area contributed by atoms with Gasteiger partial charge in [-0.1, -0.05) is 25.7 Å². The largest absolute Gasteiger partial charge is 0.377 e. The first kappa shape index (κ1) is 15.3. The Labute approximate surface area is 119 Å². The number of nitrogens with one attached hydrogen (secondary N) is 1. The Bertz CT molecular complexity index is 249. The van der Waals surface area contributed by atoms with Crippen molar-refractivity contribution in [1.82, 2.24) is 10.2 Å². The van der Waals surface area contributed by atoms with Gasteiger partial charge >= 0.3 is 0 Å². The standard InChI is InChI=1S/C16H32N2O/c1-15-12-18(10-7-11-19-15)14-16(13-17-2)8-5-3-4-6-9-16/h15,17H,3-14H2,1-2H3. The molecule has 0 aromatic rings. The predicted octanol–water partition coefficient (Wildman–Crippen LogP) is 2.66. The normalized spacial score (nSPS) is 29.7. The van der Waals surface area contributed by atoms with Crippen LogP contribution in [0, 0.1) is 5.41 Å². The van der Waals surface area contributed by atoms with Gasteiger partial charge in [0.2, 0.25) is 0 Å². The van der Waals surface area contributed by atoms with Gasteiger partial charge in [0.15, 0.2) is 0 Å². The Morgan fingerprint density at radius 3 is 2.58 bits per heavy atom. The van der Waals surface area contributed by atoms with Crippen molar-refractivity contribution >= 4 is 0 Å².